The Morgan fingerprint density at radius 2 is 2.39 bits per heavy atom. The van der Waals surface area contributed by atoms with Crippen molar-refractivity contribution in [3.8, 4) is 0 Å². The quantitative estimate of drug-likeness (QED) is 0.682. The van der Waals surface area contributed by atoms with Gasteiger partial charge in [-0.15, -0.1) is 0 Å². The molecule has 18 heavy (non-hydrogen) atoms. The Kier molecular flexibility index (Phi) is 4.33. The maximum atomic E-state index is 11.8. The topological polar surface area (TPSA) is 71.0 Å². The van der Waals surface area contributed by atoms with Crippen LogP contribution in [0.5, 0.6) is 0 Å². The fourth-order valence-corrected chi connectivity index (χ4v) is 1.83. The predicted octanol–water partition coefficient (Wildman–Crippen LogP) is 0.354. The molecule has 6 nitrogen and oxygen atoms in total. The van der Waals surface area contributed by atoms with Crippen LogP contribution in [0.15, 0.2) is 12.3 Å². The maximum Gasteiger partial charge on any atom is 0.226 e. The molecule has 3 N–H and O–H groups in total. The van der Waals surface area contributed by atoms with Gasteiger partial charge in [0.15, 0.2) is 0 Å². The molecule has 1 aliphatic rings. The highest BCUT2D eigenvalue weighted by molar-refractivity contribution is 5.89. The molecule has 0 aliphatic carbocycles. The normalized spacial score (nSPS) is 15.7. The molecule has 1 aromatic heterocycles. The van der Waals surface area contributed by atoms with Crippen molar-refractivity contribution in [3.05, 3.63) is 12.3 Å². The second kappa shape index (κ2) is 5.97. The summed E-state index contributed by atoms with van der Waals surface area (Å²) < 4.78 is 1.88. The molecule has 1 aromatic rings. The Morgan fingerprint density at radius 3 is 3.00 bits per heavy atom. The van der Waals surface area contributed by atoms with Gasteiger partial charge in [-0.3, -0.25) is 4.79 Å². The Labute approximate surface area is 107 Å². The van der Waals surface area contributed by atoms with E-state index >= 15 is 0 Å². The average Bonchev–Trinajstić information content (AvgIpc) is 2.63. The summed E-state index contributed by atoms with van der Waals surface area (Å²) in [5, 5.41) is 13.6. The number of nitrogens with one attached hydrogen (secondary N) is 3. The Hall–Kier alpha value is -1.40. The monoisotopic (exact) mass is 251 g/mol. The van der Waals surface area contributed by atoms with Gasteiger partial charge >= 0.3 is 0 Å². The molecule has 2 rings (SSSR count). The lowest BCUT2D eigenvalue weighted by Crippen LogP contribution is -2.44. The van der Waals surface area contributed by atoms with Gasteiger partial charge in [0.1, 0.15) is 5.82 Å². The molecule has 1 aliphatic heterocycles. The van der Waals surface area contributed by atoms with Crippen molar-refractivity contribution in [2.24, 2.45) is 0 Å². The van der Waals surface area contributed by atoms with Gasteiger partial charge in [-0.2, -0.15) is 5.10 Å². The lowest BCUT2D eigenvalue weighted by atomic mass is 10.2. The second-order valence-electron chi connectivity index (χ2n) is 4.88. The first-order valence-electron chi connectivity index (χ1n) is 6.44. The summed E-state index contributed by atoms with van der Waals surface area (Å²) in [6.07, 6.45) is 2.20. The van der Waals surface area contributed by atoms with Gasteiger partial charge in [0.2, 0.25) is 5.91 Å². The van der Waals surface area contributed by atoms with Gasteiger partial charge in [0.05, 0.1) is 12.2 Å². The van der Waals surface area contributed by atoms with Crippen molar-refractivity contribution < 1.29 is 4.79 Å². The van der Waals surface area contributed by atoms with Crippen molar-refractivity contribution >= 4 is 11.7 Å². The number of hydrogen-bond acceptors (Lipinski definition) is 4. The molecule has 2 heterocycles. The Bertz CT molecular complexity index is 397. The molecule has 1 fully saturated rings. The summed E-state index contributed by atoms with van der Waals surface area (Å²) in [4.78, 5) is 11.8. The predicted molar refractivity (Wildman–Crippen MR) is 70.5 cm³/mol. The number of amides is 1. The number of carbonyl (C=O) groups excluding carboxylic acids is 1. The minimum Gasteiger partial charge on any atom is -0.314 e. The van der Waals surface area contributed by atoms with Crippen LogP contribution in [0.4, 0.5) is 5.82 Å². The van der Waals surface area contributed by atoms with Crippen LogP contribution < -0.4 is 16.0 Å². The van der Waals surface area contributed by atoms with E-state index in [1.165, 1.54) is 0 Å². The van der Waals surface area contributed by atoms with E-state index in [0.29, 0.717) is 25.0 Å². The molecule has 0 bridgehead atoms. The van der Waals surface area contributed by atoms with Crippen LogP contribution in [0.1, 0.15) is 26.3 Å². The molecule has 0 spiro atoms. The molecule has 100 valence electrons. The van der Waals surface area contributed by atoms with Gasteiger partial charge in [-0.1, -0.05) is 13.8 Å². The Morgan fingerprint density at radius 1 is 1.61 bits per heavy atom. The van der Waals surface area contributed by atoms with Crippen LogP contribution in [0.3, 0.4) is 0 Å². The highest BCUT2D eigenvalue weighted by Gasteiger charge is 2.22. The maximum absolute atomic E-state index is 11.8. The van der Waals surface area contributed by atoms with E-state index in [0.717, 1.165) is 18.9 Å². The van der Waals surface area contributed by atoms with Crippen LogP contribution in [0.25, 0.3) is 0 Å². The standard InChI is InChI=1S/C12H21N5O/c1-9(2)14-5-4-12(18)16-11-3-6-15-17(11)10-7-13-8-10/h3,6,9-10,13-14H,4-5,7-8H2,1-2H3,(H,16,18). The molecule has 1 saturated heterocycles. The number of anilines is 1. The zero-order valence-corrected chi connectivity index (χ0v) is 10.9. The minimum atomic E-state index is 0.0252. The van der Waals surface area contributed by atoms with E-state index < -0.39 is 0 Å². The van der Waals surface area contributed by atoms with E-state index in [1.54, 1.807) is 6.20 Å². The first kappa shape index (κ1) is 13.0. The molecule has 0 unspecified atom stereocenters. The van der Waals surface area contributed by atoms with Crippen LogP contribution in [0.2, 0.25) is 0 Å². The molecule has 0 atom stereocenters. The third-order valence-corrected chi connectivity index (χ3v) is 2.95. The summed E-state index contributed by atoms with van der Waals surface area (Å²) in [5.41, 5.74) is 0. The molecule has 0 saturated carbocycles. The van der Waals surface area contributed by atoms with Crippen LogP contribution in [0, 0.1) is 0 Å². The SMILES string of the molecule is CC(C)NCCC(=O)Nc1ccnn1C1CNC1. The highest BCUT2D eigenvalue weighted by atomic mass is 16.1. The van der Waals surface area contributed by atoms with Crippen molar-refractivity contribution in [2.75, 3.05) is 25.0 Å². The lowest BCUT2D eigenvalue weighted by molar-refractivity contribution is -0.116. The van der Waals surface area contributed by atoms with Crippen molar-refractivity contribution in [3.63, 3.8) is 0 Å². The van der Waals surface area contributed by atoms with Gasteiger partial charge in [-0.25, -0.2) is 4.68 Å². The number of nitrogens with zero attached hydrogens (tertiary/aromatic N) is 2. The van der Waals surface area contributed by atoms with Crippen molar-refractivity contribution in [1.82, 2.24) is 20.4 Å². The number of aromatic nitrogens is 2. The summed E-state index contributed by atoms with van der Waals surface area (Å²) in [5.74, 6) is 0.813. The molecule has 0 radical (unpaired) electrons. The van der Waals surface area contributed by atoms with Gasteiger partial charge in [-0.05, 0) is 0 Å². The van der Waals surface area contributed by atoms with Crippen LogP contribution >= 0.6 is 0 Å². The van der Waals surface area contributed by atoms with E-state index in [-0.39, 0.29) is 5.91 Å². The average molecular weight is 251 g/mol. The largest absolute Gasteiger partial charge is 0.314 e. The molecular formula is C12H21N5O. The van der Waals surface area contributed by atoms with Gasteiger partial charge in [0.25, 0.3) is 0 Å². The zero-order chi connectivity index (χ0) is 13.0. The summed E-state index contributed by atoms with van der Waals surface area (Å²) in [6, 6.07) is 2.61. The fourth-order valence-electron chi connectivity index (χ4n) is 1.83. The van der Waals surface area contributed by atoms with Gasteiger partial charge < -0.3 is 16.0 Å². The summed E-state index contributed by atoms with van der Waals surface area (Å²) in [6.45, 7) is 6.66. The third-order valence-electron chi connectivity index (χ3n) is 2.95. The van der Waals surface area contributed by atoms with E-state index in [4.69, 9.17) is 0 Å². The van der Waals surface area contributed by atoms with E-state index in [1.807, 2.05) is 10.7 Å². The lowest BCUT2D eigenvalue weighted by Gasteiger charge is -2.28. The van der Waals surface area contributed by atoms with Crippen LogP contribution in [-0.4, -0.2) is 41.4 Å². The molecule has 1 amide bonds. The summed E-state index contributed by atoms with van der Waals surface area (Å²) >= 11 is 0. The summed E-state index contributed by atoms with van der Waals surface area (Å²) in [7, 11) is 0. The Balaban J connectivity index is 1.81. The highest BCUT2D eigenvalue weighted by Crippen LogP contribution is 2.17. The number of carbonyl (C=O) groups is 1. The fraction of sp³-hybridized carbons (Fsp3) is 0.667. The molecule has 0 aromatic carbocycles. The number of rotatable bonds is 6. The van der Waals surface area contributed by atoms with Crippen LogP contribution in [-0.2, 0) is 4.79 Å². The zero-order valence-electron chi connectivity index (χ0n) is 10.9. The van der Waals surface area contributed by atoms with Gasteiger partial charge in [0, 0.05) is 38.2 Å². The minimum absolute atomic E-state index is 0.0252. The third kappa shape index (κ3) is 3.30. The van der Waals surface area contributed by atoms with Crippen molar-refractivity contribution in [2.45, 2.75) is 32.4 Å². The first-order chi connectivity index (χ1) is 8.66. The van der Waals surface area contributed by atoms with E-state index in [2.05, 4.69) is 34.9 Å². The van der Waals surface area contributed by atoms with E-state index in [9.17, 15) is 4.79 Å². The van der Waals surface area contributed by atoms with Crippen molar-refractivity contribution in [1.29, 1.82) is 0 Å². The smallest absolute Gasteiger partial charge is 0.226 e. The molecular weight excluding hydrogens is 230 g/mol. The first-order valence-corrected chi connectivity index (χ1v) is 6.44. The second-order valence-corrected chi connectivity index (χ2v) is 4.88. The number of hydrogen-bond donors (Lipinski definition) is 3. The molecule has 6 heteroatoms.